The van der Waals surface area contributed by atoms with Crippen LogP contribution < -0.4 is 19.3 Å². The lowest BCUT2D eigenvalue weighted by Crippen LogP contribution is -2.41. The molecule has 18 heteroatoms. The van der Waals surface area contributed by atoms with E-state index in [1.54, 1.807) is 12.1 Å². The predicted octanol–water partition coefficient (Wildman–Crippen LogP) is 8.93. The van der Waals surface area contributed by atoms with Gasteiger partial charge >= 0.3 is 25.1 Å². The number of benzene rings is 4. The van der Waals surface area contributed by atoms with Gasteiger partial charge in [-0.1, -0.05) is 48.5 Å². The van der Waals surface area contributed by atoms with Gasteiger partial charge in [-0.25, -0.2) is 0 Å². The summed E-state index contributed by atoms with van der Waals surface area (Å²) in [6, 6.07) is 21.0. The summed E-state index contributed by atoms with van der Waals surface area (Å²) >= 11 is 0. The van der Waals surface area contributed by atoms with Crippen LogP contribution in [0.3, 0.4) is 0 Å². The van der Waals surface area contributed by atoms with Crippen LogP contribution in [-0.2, 0) is 19.5 Å². The second-order valence-corrected chi connectivity index (χ2v) is 11.8. The smallest absolute Gasteiger partial charge is 0.406 e. The number of halogens is 12. The van der Waals surface area contributed by atoms with Gasteiger partial charge in [-0.3, -0.25) is 0 Å². The molecule has 0 spiro atoms. The van der Waals surface area contributed by atoms with Gasteiger partial charge in [0.25, 0.3) is 0 Å². The molecular formula is C35H30F12N2O4. The minimum Gasteiger partial charge on any atom is -0.406 e. The quantitative estimate of drug-likeness (QED) is 0.125. The van der Waals surface area contributed by atoms with Gasteiger partial charge < -0.3 is 29.5 Å². The van der Waals surface area contributed by atoms with E-state index in [0.29, 0.717) is 11.1 Å². The van der Waals surface area contributed by atoms with Crippen LogP contribution in [0.2, 0.25) is 0 Å². The minimum absolute atomic E-state index is 0.0524. The number of anilines is 2. The van der Waals surface area contributed by atoms with Crippen molar-refractivity contribution in [1.29, 1.82) is 0 Å². The fourth-order valence-corrected chi connectivity index (χ4v) is 5.23. The third-order valence-corrected chi connectivity index (χ3v) is 7.51. The van der Waals surface area contributed by atoms with Gasteiger partial charge in [0.05, 0.1) is 13.1 Å². The van der Waals surface area contributed by atoms with E-state index >= 15 is 0 Å². The predicted molar refractivity (Wildman–Crippen MR) is 168 cm³/mol. The van der Waals surface area contributed by atoms with Crippen molar-refractivity contribution in [1.82, 2.24) is 0 Å². The molecule has 0 aliphatic heterocycles. The molecule has 0 fully saturated rings. The Bertz CT molecular complexity index is 1670. The lowest BCUT2D eigenvalue weighted by Gasteiger charge is -2.29. The molecule has 0 aliphatic rings. The molecule has 2 unspecified atom stereocenters. The van der Waals surface area contributed by atoms with E-state index in [1.165, 1.54) is 60.7 Å². The van der Waals surface area contributed by atoms with Gasteiger partial charge in [-0.2, -0.15) is 26.3 Å². The zero-order valence-corrected chi connectivity index (χ0v) is 27.1. The summed E-state index contributed by atoms with van der Waals surface area (Å²) in [6.07, 6.45) is -25.7. The van der Waals surface area contributed by atoms with Crippen LogP contribution in [0, 0.1) is 0 Å². The Balaban J connectivity index is 1.62. The van der Waals surface area contributed by atoms with Crippen LogP contribution in [0.4, 0.5) is 64.1 Å². The van der Waals surface area contributed by atoms with Crippen molar-refractivity contribution in [3.63, 3.8) is 0 Å². The summed E-state index contributed by atoms with van der Waals surface area (Å²) in [7, 11) is 0. The Kier molecular flexibility index (Phi) is 12.7. The SMILES string of the molecule is OC(CN(Cc1cccc(OC(F)(F)F)c1)c1cccc(Cc2cccc(N(Cc3cccc(OC(F)(F)F)c3)CC(O)C(F)(F)F)c2)c1)C(F)(F)F. The van der Waals surface area contributed by atoms with Crippen LogP contribution in [0.25, 0.3) is 0 Å². The van der Waals surface area contributed by atoms with Gasteiger partial charge in [0.15, 0.2) is 12.2 Å². The lowest BCUT2D eigenvalue weighted by molar-refractivity contribution is -0.275. The average Bonchev–Trinajstić information content (AvgIpc) is 3.02. The van der Waals surface area contributed by atoms with Gasteiger partial charge in [0.1, 0.15) is 11.5 Å². The summed E-state index contributed by atoms with van der Waals surface area (Å²) in [5.74, 6) is -1.22. The molecule has 0 saturated carbocycles. The Hall–Kier alpha value is -4.84. The van der Waals surface area contributed by atoms with Gasteiger partial charge in [0, 0.05) is 24.5 Å². The third kappa shape index (κ3) is 13.3. The summed E-state index contributed by atoms with van der Waals surface area (Å²) < 4.78 is 165. The lowest BCUT2D eigenvalue weighted by atomic mass is 10.0. The highest BCUT2D eigenvalue weighted by Crippen LogP contribution is 2.31. The van der Waals surface area contributed by atoms with E-state index in [9.17, 15) is 62.9 Å². The number of nitrogens with zero attached hydrogens (tertiary/aromatic N) is 2. The molecule has 0 aromatic heterocycles. The summed E-state index contributed by atoms with van der Waals surface area (Å²) in [6.45, 7) is -2.77. The normalized spacial score (nSPS) is 13.7. The number of hydrogen-bond acceptors (Lipinski definition) is 6. The summed E-state index contributed by atoms with van der Waals surface area (Å²) in [5, 5.41) is 19.8. The Morgan fingerprint density at radius 2 is 0.811 bits per heavy atom. The van der Waals surface area contributed by atoms with E-state index in [2.05, 4.69) is 9.47 Å². The second-order valence-electron chi connectivity index (χ2n) is 11.8. The van der Waals surface area contributed by atoms with E-state index in [1.807, 2.05) is 0 Å². The van der Waals surface area contributed by atoms with Crippen molar-refractivity contribution in [3.8, 4) is 11.5 Å². The maximum atomic E-state index is 13.4. The number of alkyl halides is 12. The van der Waals surface area contributed by atoms with Crippen LogP contribution in [0.5, 0.6) is 11.5 Å². The highest BCUT2D eigenvalue weighted by Gasteiger charge is 2.40. The standard InChI is InChI=1S/C35H30F12N2O4/c36-32(37,38)30(50)20-48(18-24-7-3-11-28(16-24)52-34(42,43)44)26-9-1-5-22(14-26)13-23-6-2-10-27(15-23)49(21-31(51)33(39,40)41)19-25-8-4-12-29(17-25)53-35(45,46)47/h1-12,14-17,30-31,50-51H,13,18-21H2. The molecule has 0 radical (unpaired) electrons. The molecule has 2 N–H and O–H groups in total. The first-order valence-corrected chi connectivity index (χ1v) is 15.4. The maximum absolute atomic E-state index is 13.4. The van der Waals surface area contributed by atoms with Crippen LogP contribution in [0.1, 0.15) is 22.3 Å². The first kappa shape index (κ1) is 40.9. The highest BCUT2D eigenvalue weighted by molar-refractivity contribution is 5.53. The van der Waals surface area contributed by atoms with Crippen molar-refractivity contribution in [3.05, 3.63) is 119 Å². The number of ether oxygens (including phenoxy) is 2. The maximum Gasteiger partial charge on any atom is 0.573 e. The molecule has 6 nitrogen and oxygen atoms in total. The molecule has 4 aromatic carbocycles. The van der Waals surface area contributed by atoms with E-state index < -0.39 is 61.9 Å². The zero-order chi connectivity index (χ0) is 39.2. The second kappa shape index (κ2) is 16.4. The van der Waals surface area contributed by atoms with Crippen LogP contribution in [-0.4, -0.2) is 60.6 Å². The molecule has 0 saturated heterocycles. The topological polar surface area (TPSA) is 65.4 Å². The van der Waals surface area contributed by atoms with Gasteiger partial charge in [0.2, 0.25) is 0 Å². The van der Waals surface area contributed by atoms with E-state index in [-0.39, 0.29) is 42.0 Å². The minimum atomic E-state index is -5.03. The average molecular weight is 771 g/mol. The molecular weight excluding hydrogens is 740 g/mol. The van der Waals surface area contributed by atoms with Crippen LogP contribution >= 0.6 is 0 Å². The fraction of sp³-hybridized carbons (Fsp3) is 0.314. The number of aliphatic hydroxyl groups excluding tert-OH is 2. The molecule has 0 aliphatic carbocycles. The Morgan fingerprint density at radius 1 is 0.472 bits per heavy atom. The molecule has 0 heterocycles. The molecule has 53 heavy (non-hydrogen) atoms. The van der Waals surface area contributed by atoms with Crippen molar-refractivity contribution in [2.45, 2.75) is 56.8 Å². The van der Waals surface area contributed by atoms with E-state index in [4.69, 9.17) is 0 Å². The van der Waals surface area contributed by atoms with E-state index in [0.717, 1.165) is 34.1 Å². The summed E-state index contributed by atoms with van der Waals surface area (Å²) in [5.41, 5.74) is 1.46. The first-order chi connectivity index (χ1) is 24.5. The number of hydrogen-bond donors (Lipinski definition) is 2. The number of rotatable bonds is 14. The molecule has 2 atom stereocenters. The van der Waals surface area contributed by atoms with Crippen LogP contribution in [0.15, 0.2) is 97.1 Å². The molecule has 4 rings (SSSR count). The third-order valence-electron chi connectivity index (χ3n) is 7.51. The summed E-state index contributed by atoms with van der Waals surface area (Å²) in [4.78, 5) is 2.20. The molecule has 288 valence electrons. The highest BCUT2D eigenvalue weighted by atomic mass is 19.4. The zero-order valence-electron chi connectivity index (χ0n) is 27.1. The largest absolute Gasteiger partial charge is 0.573 e. The van der Waals surface area contributed by atoms with Crippen molar-refractivity contribution >= 4 is 11.4 Å². The molecule has 0 amide bonds. The first-order valence-electron chi connectivity index (χ1n) is 15.4. The Morgan fingerprint density at radius 3 is 1.15 bits per heavy atom. The number of aliphatic hydroxyl groups is 2. The van der Waals surface area contributed by atoms with Crippen molar-refractivity contribution < 1.29 is 72.4 Å². The van der Waals surface area contributed by atoms with Crippen molar-refractivity contribution in [2.24, 2.45) is 0 Å². The van der Waals surface area contributed by atoms with Crippen molar-refractivity contribution in [2.75, 3.05) is 22.9 Å². The van der Waals surface area contributed by atoms with Gasteiger partial charge in [-0.05, 0) is 77.2 Å². The Labute approximate surface area is 294 Å². The fourth-order valence-electron chi connectivity index (χ4n) is 5.23. The van der Waals surface area contributed by atoms with Gasteiger partial charge in [-0.15, -0.1) is 26.3 Å². The molecule has 4 aromatic rings. The monoisotopic (exact) mass is 770 g/mol. The molecule has 0 bridgehead atoms.